The van der Waals surface area contributed by atoms with Crippen LogP contribution < -0.4 is 0 Å². The zero-order valence-corrected chi connectivity index (χ0v) is 7.28. The molecule has 2 unspecified atom stereocenters. The largest absolute Gasteiger partial charge is 0.481 e. The highest BCUT2D eigenvalue weighted by Gasteiger charge is 2.43. The summed E-state index contributed by atoms with van der Waals surface area (Å²) >= 11 is 0. The number of carboxylic acid groups (broad SMARTS) is 1. The first-order chi connectivity index (χ1) is 5.43. The van der Waals surface area contributed by atoms with E-state index >= 15 is 0 Å². The minimum atomic E-state index is -4.20. The van der Waals surface area contributed by atoms with Gasteiger partial charge < -0.3 is 14.9 Å². The van der Waals surface area contributed by atoms with E-state index in [9.17, 15) is 9.36 Å². The fourth-order valence-electron chi connectivity index (χ4n) is 1.63. The van der Waals surface area contributed by atoms with Crippen molar-refractivity contribution in [3.63, 3.8) is 0 Å². The minimum Gasteiger partial charge on any atom is -0.481 e. The second-order valence-corrected chi connectivity index (χ2v) is 4.87. The van der Waals surface area contributed by atoms with Crippen LogP contribution in [0.4, 0.5) is 0 Å². The van der Waals surface area contributed by atoms with Crippen LogP contribution in [0.3, 0.4) is 0 Å². The van der Waals surface area contributed by atoms with Crippen molar-refractivity contribution < 1.29 is 24.3 Å². The lowest BCUT2D eigenvalue weighted by Crippen LogP contribution is -2.22. The molecule has 1 rings (SSSR count). The molecular formula is C6H11O5P. The maximum Gasteiger partial charge on any atom is 0.329 e. The molecule has 12 heavy (non-hydrogen) atoms. The van der Waals surface area contributed by atoms with Crippen LogP contribution in [0.1, 0.15) is 19.3 Å². The van der Waals surface area contributed by atoms with Crippen molar-refractivity contribution in [3.8, 4) is 0 Å². The Bertz CT molecular complexity index is 232. The normalized spacial score (nSPS) is 30.5. The Kier molecular flexibility index (Phi) is 2.56. The highest BCUT2D eigenvalue weighted by molar-refractivity contribution is 7.52. The summed E-state index contributed by atoms with van der Waals surface area (Å²) in [5.41, 5.74) is -0.963. The van der Waals surface area contributed by atoms with Crippen molar-refractivity contribution in [1.82, 2.24) is 0 Å². The topological polar surface area (TPSA) is 94.8 Å². The van der Waals surface area contributed by atoms with Gasteiger partial charge in [0.25, 0.3) is 0 Å². The van der Waals surface area contributed by atoms with Crippen molar-refractivity contribution in [3.05, 3.63) is 0 Å². The smallest absolute Gasteiger partial charge is 0.329 e. The first kappa shape index (κ1) is 9.71. The Balaban J connectivity index is 2.78. The third-order valence-corrected chi connectivity index (χ3v) is 3.71. The lowest BCUT2D eigenvalue weighted by Gasteiger charge is -2.16. The molecule has 6 heteroatoms. The molecule has 3 N–H and O–H groups in total. The van der Waals surface area contributed by atoms with E-state index in [4.69, 9.17) is 14.9 Å². The molecule has 1 saturated carbocycles. The van der Waals surface area contributed by atoms with Gasteiger partial charge in [0.15, 0.2) is 0 Å². The Morgan fingerprint density at radius 3 is 2.25 bits per heavy atom. The molecule has 0 aromatic carbocycles. The average molecular weight is 194 g/mol. The monoisotopic (exact) mass is 194 g/mol. The van der Waals surface area contributed by atoms with Gasteiger partial charge in [-0.2, -0.15) is 0 Å². The molecule has 1 aliphatic rings. The zero-order valence-electron chi connectivity index (χ0n) is 6.38. The fraction of sp³-hybridized carbons (Fsp3) is 0.833. The highest BCUT2D eigenvalue weighted by atomic mass is 31.2. The van der Waals surface area contributed by atoms with Crippen LogP contribution in [0.5, 0.6) is 0 Å². The Morgan fingerprint density at radius 2 is 1.92 bits per heavy atom. The molecular weight excluding hydrogens is 183 g/mol. The van der Waals surface area contributed by atoms with Crippen LogP contribution >= 0.6 is 7.60 Å². The number of aliphatic carboxylic acids is 1. The summed E-state index contributed by atoms with van der Waals surface area (Å²) in [6.45, 7) is 0. The molecule has 0 aromatic heterocycles. The molecule has 0 aliphatic heterocycles. The molecule has 1 aliphatic carbocycles. The van der Waals surface area contributed by atoms with Gasteiger partial charge >= 0.3 is 13.6 Å². The quantitative estimate of drug-likeness (QED) is 0.553. The molecule has 0 heterocycles. The van der Waals surface area contributed by atoms with Gasteiger partial charge in [-0.1, -0.05) is 6.42 Å². The highest BCUT2D eigenvalue weighted by Crippen LogP contribution is 2.51. The van der Waals surface area contributed by atoms with Crippen LogP contribution in [-0.2, 0) is 9.36 Å². The Hall–Kier alpha value is -0.380. The standard InChI is InChI=1S/C6H11O5P/c7-6(8)4-2-1-3-5(4)12(9,10)11/h4-5H,1-3H2,(H,7,8)(H2,9,10,11). The molecule has 70 valence electrons. The number of hydrogen-bond acceptors (Lipinski definition) is 2. The predicted octanol–water partition coefficient (Wildman–Crippen LogP) is 0.417. The molecule has 0 spiro atoms. The van der Waals surface area contributed by atoms with E-state index < -0.39 is 25.1 Å². The van der Waals surface area contributed by atoms with E-state index in [-0.39, 0.29) is 0 Å². The van der Waals surface area contributed by atoms with E-state index in [1.807, 2.05) is 0 Å². The Morgan fingerprint density at radius 1 is 1.33 bits per heavy atom. The molecule has 0 saturated heterocycles. The van der Waals surface area contributed by atoms with E-state index in [2.05, 4.69) is 0 Å². The van der Waals surface area contributed by atoms with Crippen molar-refractivity contribution in [2.45, 2.75) is 24.9 Å². The second-order valence-electron chi connectivity index (χ2n) is 3.03. The number of carboxylic acids is 1. The van der Waals surface area contributed by atoms with E-state index in [1.165, 1.54) is 0 Å². The molecule has 0 aromatic rings. The van der Waals surface area contributed by atoms with E-state index in [0.717, 1.165) is 0 Å². The van der Waals surface area contributed by atoms with Gasteiger partial charge in [-0.3, -0.25) is 9.36 Å². The van der Waals surface area contributed by atoms with Gasteiger partial charge in [0.05, 0.1) is 11.6 Å². The molecule has 5 nitrogen and oxygen atoms in total. The van der Waals surface area contributed by atoms with Crippen LogP contribution in [0, 0.1) is 5.92 Å². The number of rotatable bonds is 2. The van der Waals surface area contributed by atoms with Crippen molar-refractivity contribution in [2.75, 3.05) is 0 Å². The minimum absolute atomic E-state index is 0.321. The second kappa shape index (κ2) is 3.17. The summed E-state index contributed by atoms with van der Waals surface area (Å²) in [7, 11) is -4.20. The van der Waals surface area contributed by atoms with Crippen LogP contribution in [0.15, 0.2) is 0 Å². The number of hydrogen-bond donors (Lipinski definition) is 3. The Labute approximate surface area is 69.6 Å². The summed E-state index contributed by atoms with van der Waals surface area (Å²) in [6, 6.07) is 0. The van der Waals surface area contributed by atoms with Crippen LogP contribution in [0.2, 0.25) is 0 Å². The third-order valence-electron chi connectivity index (χ3n) is 2.23. The van der Waals surface area contributed by atoms with Gasteiger partial charge in [-0.25, -0.2) is 0 Å². The first-order valence-electron chi connectivity index (χ1n) is 3.71. The van der Waals surface area contributed by atoms with E-state index in [1.54, 1.807) is 0 Å². The van der Waals surface area contributed by atoms with Crippen molar-refractivity contribution >= 4 is 13.6 Å². The first-order valence-corrected chi connectivity index (χ1v) is 5.39. The van der Waals surface area contributed by atoms with Gasteiger partial charge in [0, 0.05) is 0 Å². The maximum absolute atomic E-state index is 10.8. The number of carbonyl (C=O) groups is 1. The lowest BCUT2D eigenvalue weighted by molar-refractivity contribution is -0.141. The van der Waals surface area contributed by atoms with Crippen molar-refractivity contribution in [1.29, 1.82) is 0 Å². The molecule has 2 atom stereocenters. The summed E-state index contributed by atoms with van der Waals surface area (Å²) in [5, 5.41) is 8.60. The van der Waals surface area contributed by atoms with Crippen LogP contribution in [-0.4, -0.2) is 26.5 Å². The van der Waals surface area contributed by atoms with Crippen LogP contribution in [0.25, 0.3) is 0 Å². The lowest BCUT2D eigenvalue weighted by atomic mass is 10.1. The molecule has 0 amide bonds. The molecule has 1 fully saturated rings. The summed E-state index contributed by atoms with van der Waals surface area (Å²) in [5.74, 6) is -1.95. The maximum atomic E-state index is 10.8. The average Bonchev–Trinajstić information content (AvgIpc) is 2.30. The van der Waals surface area contributed by atoms with Crippen molar-refractivity contribution in [2.24, 2.45) is 5.92 Å². The van der Waals surface area contributed by atoms with Gasteiger partial charge in [0.2, 0.25) is 0 Å². The van der Waals surface area contributed by atoms with E-state index in [0.29, 0.717) is 19.3 Å². The van der Waals surface area contributed by atoms with Gasteiger partial charge in [0.1, 0.15) is 0 Å². The predicted molar refractivity (Wildman–Crippen MR) is 40.8 cm³/mol. The third kappa shape index (κ3) is 1.86. The SMILES string of the molecule is O=C(O)C1CCCC1P(=O)(O)O. The summed E-state index contributed by atoms with van der Waals surface area (Å²) < 4.78 is 10.8. The van der Waals surface area contributed by atoms with Gasteiger partial charge in [-0.15, -0.1) is 0 Å². The summed E-state index contributed by atoms with van der Waals surface area (Å²) in [6.07, 6.45) is 1.29. The van der Waals surface area contributed by atoms with Gasteiger partial charge in [-0.05, 0) is 12.8 Å². The summed E-state index contributed by atoms with van der Waals surface area (Å²) in [4.78, 5) is 28.1. The molecule has 0 bridgehead atoms. The zero-order chi connectivity index (χ0) is 9.35. The molecule has 0 radical (unpaired) electrons. The fourth-order valence-corrected chi connectivity index (χ4v) is 2.90.